The first-order chi connectivity index (χ1) is 14.2. The molecule has 1 amide bonds. The zero-order valence-electron chi connectivity index (χ0n) is 15.2. The molecule has 1 N–H and O–H groups in total. The van der Waals surface area contributed by atoms with Gasteiger partial charge in [-0.3, -0.25) is 4.79 Å². The molecule has 2 aromatic carbocycles. The molecule has 3 aromatic rings. The van der Waals surface area contributed by atoms with Crippen molar-refractivity contribution in [3.8, 4) is 5.69 Å². The Morgan fingerprint density at radius 1 is 1.13 bits per heavy atom. The van der Waals surface area contributed by atoms with Crippen LogP contribution in [0.15, 0.2) is 43.0 Å². The number of halogens is 5. The van der Waals surface area contributed by atoms with Crippen LogP contribution in [0.3, 0.4) is 0 Å². The molecular formula is C19H14F5N5O. The molecule has 0 aliphatic carbocycles. The van der Waals surface area contributed by atoms with Crippen molar-refractivity contribution in [2.24, 2.45) is 0 Å². The average molecular weight is 423 g/mol. The molecule has 2 heterocycles. The first kappa shape index (κ1) is 19.8. The monoisotopic (exact) mass is 423 g/mol. The number of fused-ring (bicyclic) bond motifs is 1. The Hall–Kier alpha value is -3.50. The van der Waals surface area contributed by atoms with Gasteiger partial charge in [0.2, 0.25) is 5.91 Å². The molecule has 11 heteroatoms. The number of anilines is 2. The van der Waals surface area contributed by atoms with E-state index in [2.05, 4.69) is 15.4 Å². The Balaban J connectivity index is 1.59. The van der Waals surface area contributed by atoms with E-state index in [1.165, 1.54) is 28.3 Å². The standard InChI is InChI=1S/C19H14F5N5O/c20-12-6-14(21)13-3-4-28(17(13)7-12)8-18(30)27-15-5-11(19(22,23)24)1-2-16(15)29-10-25-9-26-29/h1-2,5-7,9-10H,3-4,8H2,(H,27,30). The van der Waals surface area contributed by atoms with Crippen LogP contribution in [0.1, 0.15) is 11.1 Å². The van der Waals surface area contributed by atoms with Gasteiger partial charge in [-0.25, -0.2) is 18.4 Å². The molecule has 0 spiro atoms. The van der Waals surface area contributed by atoms with Crippen LogP contribution in [-0.4, -0.2) is 33.8 Å². The van der Waals surface area contributed by atoms with Crippen molar-refractivity contribution in [1.29, 1.82) is 0 Å². The summed E-state index contributed by atoms with van der Waals surface area (Å²) in [5, 5.41) is 6.32. The summed E-state index contributed by atoms with van der Waals surface area (Å²) in [6, 6.07) is 4.74. The van der Waals surface area contributed by atoms with Crippen molar-refractivity contribution >= 4 is 17.3 Å². The van der Waals surface area contributed by atoms with Gasteiger partial charge in [0.15, 0.2) is 0 Å². The molecule has 1 aliphatic heterocycles. The first-order valence-corrected chi connectivity index (χ1v) is 8.81. The Kier molecular flexibility index (Phi) is 4.88. The number of benzene rings is 2. The molecule has 6 nitrogen and oxygen atoms in total. The number of amides is 1. The fraction of sp³-hybridized carbons (Fsp3) is 0.211. The average Bonchev–Trinajstić information content (AvgIpc) is 3.32. The summed E-state index contributed by atoms with van der Waals surface area (Å²) in [7, 11) is 0. The summed E-state index contributed by atoms with van der Waals surface area (Å²) >= 11 is 0. The van der Waals surface area contributed by atoms with Crippen LogP contribution in [0, 0.1) is 11.6 Å². The molecule has 0 radical (unpaired) electrons. The summed E-state index contributed by atoms with van der Waals surface area (Å²) in [4.78, 5) is 17.8. The molecular weight excluding hydrogens is 409 g/mol. The van der Waals surface area contributed by atoms with Crippen molar-refractivity contribution in [1.82, 2.24) is 14.8 Å². The Morgan fingerprint density at radius 3 is 2.63 bits per heavy atom. The maximum absolute atomic E-state index is 13.9. The van der Waals surface area contributed by atoms with Gasteiger partial charge in [0.1, 0.15) is 24.3 Å². The van der Waals surface area contributed by atoms with E-state index in [0.717, 1.165) is 24.3 Å². The Morgan fingerprint density at radius 2 is 1.93 bits per heavy atom. The minimum absolute atomic E-state index is 0.120. The molecule has 30 heavy (non-hydrogen) atoms. The summed E-state index contributed by atoms with van der Waals surface area (Å²) in [5.41, 5.74) is -0.329. The number of carbonyl (C=O) groups is 1. The number of hydrogen-bond acceptors (Lipinski definition) is 4. The third-order valence-corrected chi connectivity index (χ3v) is 4.71. The largest absolute Gasteiger partial charge is 0.416 e. The van der Waals surface area contributed by atoms with Crippen molar-refractivity contribution < 1.29 is 26.7 Å². The number of aromatic nitrogens is 3. The highest BCUT2D eigenvalue weighted by Crippen LogP contribution is 2.34. The minimum atomic E-state index is -4.61. The van der Waals surface area contributed by atoms with Gasteiger partial charge < -0.3 is 10.2 Å². The topological polar surface area (TPSA) is 63.1 Å². The highest BCUT2D eigenvalue weighted by atomic mass is 19.4. The van der Waals surface area contributed by atoms with Gasteiger partial charge >= 0.3 is 6.18 Å². The van der Waals surface area contributed by atoms with Gasteiger partial charge in [0, 0.05) is 23.9 Å². The van der Waals surface area contributed by atoms with Gasteiger partial charge in [0.25, 0.3) is 0 Å². The third kappa shape index (κ3) is 3.82. The predicted octanol–water partition coefficient (Wildman–Crippen LogP) is 3.57. The molecule has 1 aromatic heterocycles. The number of rotatable bonds is 4. The Bertz CT molecular complexity index is 1100. The zero-order chi connectivity index (χ0) is 21.5. The highest BCUT2D eigenvalue weighted by Gasteiger charge is 2.32. The van der Waals surface area contributed by atoms with Crippen LogP contribution < -0.4 is 10.2 Å². The highest BCUT2D eigenvalue weighted by molar-refractivity contribution is 5.96. The molecule has 0 bridgehead atoms. The number of nitrogens with zero attached hydrogens (tertiary/aromatic N) is 4. The Labute approximate surface area is 166 Å². The zero-order valence-corrected chi connectivity index (χ0v) is 15.2. The first-order valence-electron chi connectivity index (χ1n) is 8.81. The van der Waals surface area contributed by atoms with Crippen molar-refractivity contribution in [2.45, 2.75) is 12.6 Å². The van der Waals surface area contributed by atoms with Crippen LogP contribution in [0.4, 0.5) is 33.3 Å². The summed E-state index contributed by atoms with van der Waals surface area (Å²) in [5.74, 6) is -2.11. The molecule has 0 saturated heterocycles. The molecule has 0 fully saturated rings. The van der Waals surface area contributed by atoms with Crippen LogP contribution in [0.2, 0.25) is 0 Å². The maximum Gasteiger partial charge on any atom is 0.416 e. The number of carbonyl (C=O) groups excluding carboxylic acids is 1. The van der Waals surface area contributed by atoms with E-state index < -0.39 is 29.3 Å². The minimum Gasteiger partial charge on any atom is -0.361 e. The van der Waals surface area contributed by atoms with Gasteiger partial charge in [-0.2, -0.15) is 18.3 Å². The van der Waals surface area contributed by atoms with E-state index in [4.69, 9.17) is 0 Å². The molecule has 0 unspecified atom stereocenters. The quantitative estimate of drug-likeness (QED) is 0.652. The fourth-order valence-electron chi connectivity index (χ4n) is 3.36. The van der Waals surface area contributed by atoms with E-state index in [1.807, 2.05) is 0 Å². The van der Waals surface area contributed by atoms with Crippen molar-refractivity contribution in [3.63, 3.8) is 0 Å². The molecule has 0 saturated carbocycles. The SMILES string of the molecule is O=C(CN1CCc2c(F)cc(F)cc21)Nc1cc(C(F)(F)F)ccc1-n1cncn1. The van der Waals surface area contributed by atoms with Crippen molar-refractivity contribution in [3.05, 3.63) is 65.7 Å². The normalized spacial score (nSPS) is 13.4. The van der Waals surface area contributed by atoms with E-state index in [-0.39, 0.29) is 30.2 Å². The lowest BCUT2D eigenvalue weighted by molar-refractivity contribution is -0.137. The lowest BCUT2D eigenvalue weighted by Gasteiger charge is -2.20. The van der Waals surface area contributed by atoms with Gasteiger partial charge in [0.05, 0.1) is 23.5 Å². The molecule has 156 valence electrons. The smallest absolute Gasteiger partial charge is 0.361 e. The van der Waals surface area contributed by atoms with Gasteiger partial charge in [-0.05, 0) is 30.7 Å². The second kappa shape index (κ2) is 7.39. The van der Waals surface area contributed by atoms with Crippen LogP contribution in [-0.2, 0) is 17.4 Å². The predicted molar refractivity (Wildman–Crippen MR) is 97.3 cm³/mol. The third-order valence-electron chi connectivity index (χ3n) is 4.71. The second-order valence-corrected chi connectivity index (χ2v) is 6.67. The summed E-state index contributed by atoms with van der Waals surface area (Å²) in [6.07, 6.45) is -1.83. The van der Waals surface area contributed by atoms with Crippen molar-refractivity contribution in [2.75, 3.05) is 23.3 Å². The van der Waals surface area contributed by atoms with Crippen LogP contribution in [0.25, 0.3) is 5.69 Å². The van der Waals surface area contributed by atoms with Crippen LogP contribution in [0.5, 0.6) is 0 Å². The number of nitrogens with one attached hydrogen (secondary N) is 1. The van der Waals surface area contributed by atoms with E-state index in [9.17, 15) is 26.7 Å². The second-order valence-electron chi connectivity index (χ2n) is 6.67. The van der Waals surface area contributed by atoms with Crippen LogP contribution >= 0.6 is 0 Å². The van der Waals surface area contributed by atoms with Gasteiger partial charge in [-0.1, -0.05) is 0 Å². The fourth-order valence-corrected chi connectivity index (χ4v) is 3.36. The summed E-state index contributed by atoms with van der Waals surface area (Å²) < 4.78 is 68.0. The lowest BCUT2D eigenvalue weighted by Crippen LogP contribution is -2.32. The van der Waals surface area contributed by atoms with E-state index in [0.29, 0.717) is 12.0 Å². The van der Waals surface area contributed by atoms with E-state index in [1.54, 1.807) is 0 Å². The molecule has 1 aliphatic rings. The lowest BCUT2D eigenvalue weighted by atomic mass is 10.1. The summed E-state index contributed by atoms with van der Waals surface area (Å²) in [6.45, 7) is -0.00934. The van der Waals surface area contributed by atoms with Gasteiger partial charge in [-0.15, -0.1) is 0 Å². The number of hydrogen-bond donors (Lipinski definition) is 1. The molecule has 0 atom stereocenters. The number of alkyl halides is 3. The maximum atomic E-state index is 13.9. The molecule has 4 rings (SSSR count). The van der Waals surface area contributed by atoms with E-state index >= 15 is 0 Å².